The monoisotopic (exact) mass is 465 g/mol. The normalized spacial score (nSPS) is 23.4. The highest BCUT2D eigenvalue weighted by Gasteiger charge is 2.62. The van der Waals surface area contributed by atoms with E-state index in [2.05, 4.69) is 15.0 Å². The van der Waals surface area contributed by atoms with Gasteiger partial charge in [-0.15, -0.1) is 0 Å². The number of amides is 1. The van der Waals surface area contributed by atoms with Crippen molar-refractivity contribution in [2.24, 2.45) is 0 Å². The molecule has 1 aromatic heterocycles. The number of likely N-dealkylation sites (tertiary alicyclic amines) is 1. The maximum atomic E-state index is 12.7. The van der Waals surface area contributed by atoms with Crippen LogP contribution in [0.4, 0.5) is 22.0 Å². The molecule has 0 unspecified atom stereocenters. The van der Waals surface area contributed by atoms with Crippen LogP contribution in [0.3, 0.4) is 0 Å². The minimum absolute atomic E-state index is 0.0534. The third-order valence-corrected chi connectivity index (χ3v) is 5.93. The Hall–Kier alpha value is -2.24. The lowest BCUT2D eigenvalue weighted by Gasteiger charge is -2.54. The molecule has 0 bridgehead atoms. The van der Waals surface area contributed by atoms with Crippen LogP contribution >= 0.6 is 11.6 Å². The average molecular weight is 466 g/mol. The largest absolute Gasteiger partial charge is 0.433 e. The standard InChI is InChI=1S/C19H17ClF5N3O3/c20-13-2-9-1-10(6-26-14(9)5-15(13)31-17(21)22)16(29)27-11-3-12(4-11)28-7-18(30,8-28)19(23,24)25/h1-2,5-6,11-12,17,30H,3-4,7-8H2,(H,27,29)/t11-,12-. The molecule has 0 spiro atoms. The quantitative estimate of drug-likeness (QED) is 0.662. The third kappa shape index (κ3) is 4.26. The lowest BCUT2D eigenvalue weighted by Crippen LogP contribution is -2.73. The predicted molar refractivity (Wildman–Crippen MR) is 100 cm³/mol. The maximum absolute atomic E-state index is 12.7. The van der Waals surface area contributed by atoms with Crippen LogP contribution in [0.15, 0.2) is 24.4 Å². The molecular weight excluding hydrogens is 449 g/mol. The zero-order chi connectivity index (χ0) is 22.6. The number of aromatic nitrogens is 1. The molecule has 4 rings (SSSR count). The Balaban J connectivity index is 1.34. The molecular formula is C19H17ClF5N3O3. The number of pyridine rings is 1. The predicted octanol–water partition coefficient (Wildman–Crippen LogP) is 3.36. The van der Waals surface area contributed by atoms with E-state index < -0.39 is 37.4 Å². The van der Waals surface area contributed by atoms with Gasteiger partial charge in [-0.25, -0.2) is 0 Å². The number of alkyl halides is 5. The van der Waals surface area contributed by atoms with Crippen LogP contribution in [0.1, 0.15) is 23.2 Å². The number of halogens is 6. The summed E-state index contributed by atoms with van der Waals surface area (Å²) in [6.45, 7) is -3.96. The highest BCUT2D eigenvalue weighted by Crippen LogP contribution is 2.41. The van der Waals surface area contributed by atoms with Crippen molar-refractivity contribution in [2.75, 3.05) is 13.1 Å². The van der Waals surface area contributed by atoms with Crippen molar-refractivity contribution in [2.45, 2.75) is 43.3 Å². The van der Waals surface area contributed by atoms with Gasteiger partial charge >= 0.3 is 12.8 Å². The molecule has 0 radical (unpaired) electrons. The fourth-order valence-corrected chi connectivity index (χ4v) is 3.99. The summed E-state index contributed by atoms with van der Waals surface area (Å²) in [5.41, 5.74) is -2.11. The van der Waals surface area contributed by atoms with Crippen molar-refractivity contribution in [1.29, 1.82) is 0 Å². The van der Waals surface area contributed by atoms with E-state index in [1.54, 1.807) is 4.90 Å². The molecule has 0 atom stereocenters. The number of β-amino-alcohol motifs (C(OH)–C–C–N with tert-alkyl or cyclic N) is 1. The minimum atomic E-state index is -4.65. The van der Waals surface area contributed by atoms with Crippen LogP contribution in [0.2, 0.25) is 5.02 Å². The molecule has 1 saturated heterocycles. The van der Waals surface area contributed by atoms with E-state index in [9.17, 15) is 31.9 Å². The van der Waals surface area contributed by atoms with E-state index in [0.717, 1.165) is 0 Å². The molecule has 31 heavy (non-hydrogen) atoms. The lowest BCUT2D eigenvalue weighted by atomic mass is 9.80. The van der Waals surface area contributed by atoms with E-state index in [-0.39, 0.29) is 28.4 Å². The van der Waals surface area contributed by atoms with Crippen molar-refractivity contribution in [1.82, 2.24) is 15.2 Å². The van der Waals surface area contributed by atoms with Gasteiger partial charge in [-0.3, -0.25) is 14.7 Å². The molecule has 1 aromatic carbocycles. The highest BCUT2D eigenvalue weighted by atomic mass is 35.5. The van der Waals surface area contributed by atoms with Gasteiger partial charge < -0.3 is 15.2 Å². The molecule has 12 heteroatoms. The number of carbonyl (C=O) groups excluding carboxylic acids is 1. The molecule has 2 aliphatic rings. The summed E-state index contributed by atoms with van der Waals surface area (Å²) >= 11 is 5.93. The topological polar surface area (TPSA) is 74.7 Å². The molecule has 1 aliphatic carbocycles. The molecule has 1 amide bonds. The number of hydrogen-bond acceptors (Lipinski definition) is 5. The number of nitrogens with zero attached hydrogens (tertiary/aromatic N) is 2. The van der Waals surface area contributed by atoms with Crippen LogP contribution in [0.5, 0.6) is 5.75 Å². The maximum Gasteiger partial charge on any atom is 0.419 e. The number of benzene rings is 1. The average Bonchev–Trinajstić information content (AvgIpc) is 2.60. The van der Waals surface area contributed by atoms with Crippen LogP contribution < -0.4 is 10.1 Å². The summed E-state index contributed by atoms with van der Waals surface area (Å²) in [5.74, 6) is -0.643. The molecule has 1 aliphatic heterocycles. The van der Waals surface area contributed by atoms with Crippen LogP contribution in [-0.2, 0) is 0 Å². The zero-order valence-corrected chi connectivity index (χ0v) is 16.6. The van der Waals surface area contributed by atoms with Crippen molar-refractivity contribution >= 4 is 28.4 Å². The van der Waals surface area contributed by atoms with Crippen molar-refractivity contribution < 1.29 is 36.6 Å². The summed E-state index contributed by atoms with van der Waals surface area (Å²) in [6, 6.07) is 3.78. The van der Waals surface area contributed by atoms with Gasteiger partial charge in [0.15, 0.2) is 5.60 Å². The summed E-state index contributed by atoms with van der Waals surface area (Å²) in [4.78, 5) is 18.1. The highest BCUT2D eigenvalue weighted by molar-refractivity contribution is 6.32. The van der Waals surface area contributed by atoms with Gasteiger partial charge in [-0.05, 0) is 25.0 Å². The van der Waals surface area contributed by atoms with Crippen LogP contribution in [-0.4, -0.2) is 64.5 Å². The lowest BCUT2D eigenvalue weighted by molar-refractivity contribution is -0.308. The van der Waals surface area contributed by atoms with Crippen molar-refractivity contribution in [3.8, 4) is 5.75 Å². The number of carbonyl (C=O) groups is 1. The SMILES string of the molecule is O=C(N[C@H]1C[C@H](N2CC(O)(C(F)(F)F)C2)C1)c1cnc2cc(OC(F)F)c(Cl)cc2c1. The Bertz CT molecular complexity index is 1010. The van der Waals surface area contributed by atoms with E-state index in [1.807, 2.05) is 0 Å². The first-order valence-corrected chi connectivity index (χ1v) is 9.71. The first-order valence-electron chi connectivity index (χ1n) is 9.33. The third-order valence-electron chi connectivity index (χ3n) is 5.63. The number of rotatable bonds is 5. The summed E-state index contributed by atoms with van der Waals surface area (Å²) in [7, 11) is 0. The van der Waals surface area contributed by atoms with E-state index in [1.165, 1.54) is 24.4 Å². The summed E-state index contributed by atoms with van der Waals surface area (Å²) in [6.07, 6.45) is -2.42. The number of hydrogen-bond donors (Lipinski definition) is 2. The second-order valence-electron chi connectivity index (χ2n) is 7.81. The fourth-order valence-electron chi connectivity index (χ4n) is 3.78. The van der Waals surface area contributed by atoms with Gasteiger partial charge in [0.25, 0.3) is 5.91 Å². The van der Waals surface area contributed by atoms with Gasteiger partial charge in [-0.2, -0.15) is 22.0 Å². The van der Waals surface area contributed by atoms with Crippen molar-refractivity contribution in [3.63, 3.8) is 0 Å². The number of fused-ring (bicyclic) bond motifs is 1. The Kier molecular flexibility index (Phi) is 5.47. The Morgan fingerprint density at radius 3 is 2.58 bits per heavy atom. The van der Waals surface area contributed by atoms with Crippen LogP contribution in [0, 0.1) is 0 Å². The molecule has 1 saturated carbocycles. The van der Waals surface area contributed by atoms with E-state index in [4.69, 9.17) is 11.6 Å². The summed E-state index contributed by atoms with van der Waals surface area (Å²) < 4.78 is 67.2. The van der Waals surface area contributed by atoms with Crippen molar-refractivity contribution in [3.05, 3.63) is 35.0 Å². The van der Waals surface area contributed by atoms with Gasteiger partial charge in [0.2, 0.25) is 0 Å². The van der Waals surface area contributed by atoms with Gasteiger partial charge in [-0.1, -0.05) is 11.6 Å². The van der Waals surface area contributed by atoms with E-state index >= 15 is 0 Å². The second kappa shape index (κ2) is 7.72. The number of ether oxygens (including phenoxy) is 1. The van der Waals surface area contributed by atoms with Crippen LogP contribution in [0.25, 0.3) is 10.9 Å². The zero-order valence-electron chi connectivity index (χ0n) is 15.8. The molecule has 2 N–H and O–H groups in total. The van der Waals surface area contributed by atoms with Gasteiger partial charge in [0, 0.05) is 42.8 Å². The first-order chi connectivity index (χ1) is 14.4. The first kappa shape index (κ1) is 22.0. The Morgan fingerprint density at radius 2 is 1.97 bits per heavy atom. The Labute approximate surface area is 177 Å². The summed E-state index contributed by atoms with van der Waals surface area (Å²) in [5, 5.41) is 12.7. The van der Waals surface area contributed by atoms with E-state index in [0.29, 0.717) is 23.7 Å². The number of aliphatic hydroxyl groups is 1. The fraction of sp³-hybridized carbons (Fsp3) is 0.474. The number of nitrogens with one attached hydrogen (secondary N) is 1. The second-order valence-corrected chi connectivity index (χ2v) is 8.21. The molecule has 2 heterocycles. The van der Waals surface area contributed by atoms with Gasteiger partial charge in [0.05, 0.1) is 16.1 Å². The molecule has 2 fully saturated rings. The molecule has 168 valence electrons. The molecule has 2 aromatic rings. The minimum Gasteiger partial charge on any atom is -0.433 e. The smallest absolute Gasteiger partial charge is 0.419 e. The Morgan fingerprint density at radius 1 is 1.29 bits per heavy atom. The molecule has 6 nitrogen and oxygen atoms in total. The van der Waals surface area contributed by atoms with Gasteiger partial charge in [0.1, 0.15) is 5.75 Å².